The Bertz CT molecular complexity index is 425. The number of aliphatic hydroxyl groups excluding tert-OH is 1. The van der Waals surface area contributed by atoms with E-state index >= 15 is 0 Å². The van der Waals surface area contributed by atoms with Crippen LogP contribution >= 0.6 is 11.6 Å². The van der Waals surface area contributed by atoms with Crippen molar-refractivity contribution in [2.75, 3.05) is 18.0 Å². The van der Waals surface area contributed by atoms with Crippen LogP contribution < -0.4 is 4.90 Å². The number of anilines is 1. The van der Waals surface area contributed by atoms with Crippen LogP contribution in [0.15, 0.2) is 18.2 Å². The first kappa shape index (κ1) is 11.2. The van der Waals surface area contributed by atoms with E-state index in [0.29, 0.717) is 30.2 Å². The maximum atomic E-state index is 10.8. The number of hydrogen-bond donors (Lipinski definition) is 1. The lowest BCUT2D eigenvalue weighted by molar-refractivity contribution is -0.384. The molecule has 6 heteroatoms. The largest absolute Gasteiger partial charge is 0.391 e. The molecule has 0 aliphatic carbocycles. The second-order valence-corrected chi connectivity index (χ2v) is 4.22. The third-order valence-corrected chi connectivity index (χ3v) is 2.87. The second kappa shape index (κ2) is 4.27. The maximum absolute atomic E-state index is 10.8. The summed E-state index contributed by atoms with van der Waals surface area (Å²) in [4.78, 5) is 12.2. The molecule has 1 heterocycles. The van der Waals surface area contributed by atoms with Crippen LogP contribution in [0.3, 0.4) is 0 Å². The second-order valence-electron chi connectivity index (χ2n) is 3.78. The van der Waals surface area contributed by atoms with Crippen LogP contribution in [0.25, 0.3) is 0 Å². The van der Waals surface area contributed by atoms with Crippen molar-refractivity contribution in [3.8, 4) is 0 Å². The number of rotatable bonds is 2. The van der Waals surface area contributed by atoms with Gasteiger partial charge in [-0.15, -0.1) is 0 Å². The molecule has 0 spiro atoms. The van der Waals surface area contributed by atoms with Gasteiger partial charge in [0.25, 0.3) is 5.69 Å². The van der Waals surface area contributed by atoms with Crippen molar-refractivity contribution in [2.45, 2.75) is 12.5 Å². The minimum absolute atomic E-state index is 0.0264. The molecule has 1 aliphatic rings. The van der Waals surface area contributed by atoms with Gasteiger partial charge in [-0.2, -0.15) is 0 Å². The van der Waals surface area contributed by atoms with Crippen molar-refractivity contribution in [2.24, 2.45) is 0 Å². The Morgan fingerprint density at radius 3 is 2.88 bits per heavy atom. The molecule has 0 unspecified atom stereocenters. The van der Waals surface area contributed by atoms with E-state index in [4.69, 9.17) is 11.6 Å². The fourth-order valence-corrected chi connectivity index (χ4v) is 2.03. The van der Waals surface area contributed by atoms with Gasteiger partial charge in [-0.1, -0.05) is 11.6 Å². The number of aliphatic hydroxyl groups is 1. The smallest absolute Gasteiger partial charge is 0.292 e. The van der Waals surface area contributed by atoms with Gasteiger partial charge in [0.2, 0.25) is 0 Å². The van der Waals surface area contributed by atoms with E-state index < -0.39 is 11.0 Å². The maximum Gasteiger partial charge on any atom is 0.292 e. The molecular weight excluding hydrogens is 232 g/mol. The Morgan fingerprint density at radius 1 is 1.56 bits per heavy atom. The van der Waals surface area contributed by atoms with E-state index in [1.54, 1.807) is 11.0 Å². The Labute approximate surface area is 97.4 Å². The Balaban J connectivity index is 2.37. The molecule has 0 aromatic heterocycles. The molecule has 0 saturated carbocycles. The van der Waals surface area contributed by atoms with Crippen LogP contribution in [-0.2, 0) is 0 Å². The lowest BCUT2D eigenvalue weighted by atomic mass is 10.2. The summed E-state index contributed by atoms with van der Waals surface area (Å²) in [5.74, 6) is 0. The molecule has 1 fully saturated rings. The van der Waals surface area contributed by atoms with E-state index in [0.717, 1.165) is 0 Å². The number of halogens is 1. The van der Waals surface area contributed by atoms with Gasteiger partial charge in [0.15, 0.2) is 0 Å². The average Bonchev–Trinajstić information content (AvgIpc) is 2.64. The predicted molar refractivity (Wildman–Crippen MR) is 60.9 cm³/mol. The van der Waals surface area contributed by atoms with Crippen LogP contribution in [0.5, 0.6) is 0 Å². The molecule has 5 nitrogen and oxygen atoms in total. The fourth-order valence-electron chi connectivity index (χ4n) is 1.86. The molecule has 1 aromatic rings. The van der Waals surface area contributed by atoms with Crippen LogP contribution in [-0.4, -0.2) is 29.2 Å². The summed E-state index contributed by atoms with van der Waals surface area (Å²) in [6, 6.07) is 4.45. The summed E-state index contributed by atoms with van der Waals surface area (Å²) in [5, 5.41) is 20.7. The van der Waals surface area contributed by atoms with Crippen molar-refractivity contribution in [1.29, 1.82) is 0 Å². The van der Waals surface area contributed by atoms with E-state index in [9.17, 15) is 15.2 Å². The van der Waals surface area contributed by atoms with E-state index in [1.165, 1.54) is 12.1 Å². The Hall–Kier alpha value is -1.33. The topological polar surface area (TPSA) is 66.6 Å². The molecule has 0 bridgehead atoms. The molecule has 0 radical (unpaired) electrons. The molecule has 16 heavy (non-hydrogen) atoms. The number of nitrogens with zero attached hydrogens (tertiary/aromatic N) is 2. The Kier molecular flexibility index (Phi) is 2.98. The van der Waals surface area contributed by atoms with Gasteiger partial charge in [0.05, 0.1) is 11.0 Å². The number of β-amino-alcohol motifs (C(OH)–C–C–N with tert-alkyl or cyclic N) is 1. The summed E-state index contributed by atoms with van der Waals surface area (Å²) in [6.45, 7) is 1.03. The van der Waals surface area contributed by atoms with Crippen molar-refractivity contribution in [3.63, 3.8) is 0 Å². The van der Waals surface area contributed by atoms with E-state index in [-0.39, 0.29) is 5.69 Å². The summed E-state index contributed by atoms with van der Waals surface area (Å²) < 4.78 is 0. The van der Waals surface area contributed by atoms with Crippen LogP contribution in [0, 0.1) is 10.1 Å². The standard InChI is InChI=1S/C10H11ClN2O3/c11-7-1-2-9(13(15)16)10(5-7)12-4-3-8(14)6-12/h1-2,5,8,14H,3-4,6H2/t8-/m1/s1. The van der Waals surface area contributed by atoms with Gasteiger partial charge in [-0.3, -0.25) is 10.1 Å². The number of nitro groups is 1. The SMILES string of the molecule is O=[N+]([O-])c1ccc(Cl)cc1N1CC[C@@H](O)C1. The summed E-state index contributed by atoms with van der Waals surface area (Å²) in [6.07, 6.45) is 0.211. The van der Waals surface area contributed by atoms with Crippen LogP contribution in [0.4, 0.5) is 11.4 Å². The zero-order chi connectivity index (χ0) is 11.7. The molecule has 1 aliphatic heterocycles. The number of nitro benzene ring substituents is 1. The highest BCUT2D eigenvalue weighted by atomic mass is 35.5. The summed E-state index contributed by atoms with van der Waals surface area (Å²) in [7, 11) is 0. The predicted octanol–water partition coefficient (Wildman–Crippen LogP) is 1.82. The van der Waals surface area contributed by atoms with Crippen molar-refractivity contribution >= 4 is 23.0 Å². The third kappa shape index (κ3) is 2.10. The summed E-state index contributed by atoms with van der Waals surface area (Å²) in [5.41, 5.74) is 0.507. The zero-order valence-electron chi connectivity index (χ0n) is 8.47. The summed E-state index contributed by atoms with van der Waals surface area (Å²) >= 11 is 5.82. The first-order chi connectivity index (χ1) is 7.58. The highest BCUT2D eigenvalue weighted by Crippen LogP contribution is 2.33. The van der Waals surface area contributed by atoms with E-state index in [2.05, 4.69) is 0 Å². The molecule has 1 atom stereocenters. The van der Waals surface area contributed by atoms with Crippen LogP contribution in [0.1, 0.15) is 6.42 Å². The molecule has 1 aromatic carbocycles. The highest BCUT2D eigenvalue weighted by Gasteiger charge is 2.26. The van der Waals surface area contributed by atoms with Crippen LogP contribution in [0.2, 0.25) is 5.02 Å². The molecule has 86 valence electrons. The van der Waals surface area contributed by atoms with Crippen molar-refractivity contribution in [1.82, 2.24) is 0 Å². The molecular formula is C10H11ClN2O3. The van der Waals surface area contributed by atoms with Gasteiger partial charge in [-0.05, 0) is 18.6 Å². The van der Waals surface area contributed by atoms with Crippen molar-refractivity contribution in [3.05, 3.63) is 33.3 Å². The van der Waals surface area contributed by atoms with Crippen molar-refractivity contribution < 1.29 is 10.0 Å². The monoisotopic (exact) mass is 242 g/mol. The third-order valence-electron chi connectivity index (χ3n) is 2.64. The highest BCUT2D eigenvalue weighted by molar-refractivity contribution is 6.31. The average molecular weight is 243 g/mol. The normalized spacial score (nSPS) is 20.1. The quantitative estimate of drug-likeness (QED) is 0.635. The van der Waals surface area contributed by atoms with Gasteiger partial charge < -0.3 is 10.0 Å². The molecule has 1 N–H and O–H groups in total. The minimum Gasteiger partial charge on any atom is -0.391 e. The van der Waals surface area contributed by atoms with E-state index in [1.807, 2.05) is 0 Å². The molecule has 1 saturated heterocycles. The first-order valence-electron chi connectivity index (χ1n) is 4.95. The van der Waals surface area contributed by atoms with Gasteiger partial charge in [-0.25, -0.2) is 0 Å². The van der Waals surface area contributed by atoms with Gasteiger partial charge >= 0.3 is 0 Å². The molecule has 2 rings (SSSR count). The molecule has 0 amide bonds. The minimum atomic E-state index is -0.434. The number of benzene rings is 1. The zero-order valence-corrected chi connectivity index (χ0v) is 9.22. The lowest BCUT2D eigenvalue weighted by Crippen LogP contribution is -2.22. The van der Waals surface area contributed by atoms with Gasteiger partial charge in [0, 0.05) is 24.2 Å². The van der Waals surface area contributed by atoms with Gasteiger partial charge in [0.1, 0.15) is 5.69 Å². The first-order valence-corrected chi connectivity index (χ1v) is 5.32. The number of hydrogen-bond acceptors (Lipinski definition) is 4. The Morgan fingerprint density at radius 2 is 2.31 bits per heavy atom. The lowest BCUT2D eigenvalue weighted by Gasteiger charge is -2.17. The fraction of sp³-hybridized carbons (Fsp3) is 0.400.